The lowest BCUT2D eigenvalue weighted by Gasteiger charge is -2.55. The first kappa shape index (κ1) is 14.0. The third-order valence-electron chi connectivity index (χ3n) is 5.10. The molecule has 1 saturated carbocycles. The van der Waals surface area contributed by atoms with Gasteiger partial charge in [-0.1, -0.05) is 13.8 Å². The Morgan fingerprint density at radius 1 is 1.45 bits per heavy atom. The number of fused-ring (bicyclic) bond motifs is 1. The molecule has 2 aromatic rings. The predicted octanol–water partition coefficient (Wildman–Crippen LogP) is 2.01. The van der Waals surface area contributed by atoms with Gasteiger partial charge in [0.2, 0.25) is 5.82 Å². The van der Waals surface area contributed by atoms with Crippen LogP contribution in [0.15, 0.2) is 22.8 Å². The van der Waals surface area contributed by atoms with E-state index >= 15 is 0 Å². The molecule has 22 heavy (non-hydrogen) atoms. The van der Waals surface area contributed by atoms with Gasteiger partial charge in [-0.2, -0.15) is 5.10 Å². The van der Waals surface area contributed by atoms with Gasteiger partial charge in [0.05, 0.1) is 12.4 Å². The monoisotopic (exact) mass is 302 g/mol. The van der Waals surface area contributed by atoms with Crippen molar-refractivity contribution in [3.63, 3.8) is 0 Å². The van der Waals surface area contributed by atoms with Crippen molar-refractivity contribution >= 4 is 0 Å². The van der Waals surface area contributed by atoms with Crippen molar-refractivity contribution in [2.24, 2.45) is 11.3 Å². The van der Waals surface area contributed by atoms with E-state index in [4.69, 9.17) is 9.15 Å². The largest absolute Gasteiger partial charge is 0.461 e. The lowest BCUT2D eigenvalue weighted by atomic mass is 9.57. The summed E-state index contributed by atoms with van der Waals surface area (Å²) in [5.41, 5.74) is 0.224. The molecule has 0 aromatic carbocycles. The topological polar surface area (TPSA) is 76.0 Å². The van der Waals surface area contributed by atoms with Gasteiger partial charge in [0, 0.05) is 36.9 Å². The van der Waals surface area contributed by atoms with Crippen molar-refractivity contribution in [1.82, 2.24) is 20.5 Å². The summed E-state index contributed by atoms with van der Waals surface area (Å²) in [6.45, 7) is 6.39. The minimum Gasteiger partial charge on any atom is -0.461 e. The number of rotatable bonds is 5. The van der Waals surface area contributed by atoms with Crippen molar-refractivity contribution in [3.8, 4) is 11.6 Å². The molecule has 0 unspecified atom stereocenters. The maximum atomic E-state index is 5.83. The average Bonchev–Trinajstić information content (AvgIpc) is 3.22. The van der Waals surface area contributed by atoms with Gasteiger partial charge in [0.15, 0.2) is 5.76 Å². The van der Waals surface area contributed by atoms with E-state index in [9.17, 15) is 0 Å². The van der Waals surface area contributed by atoms with E-state index < -0.39 is 0 Å². The number of hydrogen-bond donors (Lipinski definition) is 2. The second-order valence-corrected chi connectivity index (χ2v) is 6.83. The van der Waals surface area contributed by atoms with Gasteiger partial charge in [-0.05, 0) is 18.6 Å². The first-order valence-corrected chi connectivity index (χ1v) is 7.96. The summed E-state index contributed by atoms with van der Waals surface area (Å²) in [5.74, 6) is 2.87. The highest BCUT2D eigenvalue weighted by molar-refractivity contribution is 5.45. The van der Waals surface area contributed by atoms with Crippen molar-refractivity contribution < 1.29 is 9.15 Å². The Hall–Kier alpha value is -1.66. The zero-order chi connectivity index (χ0) is 15.2. The summed E-state index contributed by atoms with van der Waals surface area (Å²) < 4.78 is 11.1. The van der Waals surface area contributed by atoms with E-state index in [1.54, 1.807) is 6.26 Å². The fourth-order valence-electron chi connectivity index (χ4n) is 4.01. The number of hydrogen-bond acceptors (Lipinski definition) is 5. The Morgan fingerprint density at radius 2 is 2.36 bits per heavy atom. The highest BCUT2D eigenvalue weighted by atomic mass is 16.5. The van der Waals surface area contributed by atoms with Crippen LogP contribution in [0.25, 0.3) is 11.6 Å². The average molecular weight is 302 g/mol. The van der Waals surface area contributed by atoms with Crippen LogP contribution < -0.4 is 5.32 Å². The second-order valence-electron chi connectivity index (χ2n) is 6.83. The fraction of sp³-hybridized carbons (Fsp3) is 0.625. The molecule has 6 heteroatoms. The summed E-state index contributed by atoms with van der Waals surface area (Å²) in [5, 5.41) is 10.9. The van der Waals surface area contributed by atoms with E-state index in [2.05, 4.69) is 34.3 Å². The Labute approximate surface area is 129 Å². The molecule has 2 aliphatic rings. The molecule has 2 aromatic heterocycles. The van der Waals surface area contributed by atoms with E-state index in [1.165, 1.54) is 6.42 Å². The molecule has 2 fully saturated rings. The molecule has 1 aliphatic heterocycles. The zero-order valence-corrected chi connectivity index (χ0v) is 13.0. The van der Waals surface area contributed by atoms with Gasteiger partial charge < -0.3 is 14.5 Å². The van der Waals surface area contributed by atoms with Gasteiger partial charge in [0.25, 0.3) is 0 Å². The van der Waals surface area contributed by atoms with Crippen LogP contribution in [0.5, 0.6) is 0 Å². The molecule has 3 atom stereocenters. The molecule has 2 N–H and O–H groups in total. The SMILES string of the molecule is CC1(C)[C@H](NCCc2nc(-c3ccco3)n[nH]2)[C@@H]2CCO[C@H]21. The molecular formula is C16H22N4O2. The quantitative estimate of drug-likeness (QED) is 0.883. The van der Waals surface area contributed by atoms with Crippen LogP contribution in [0.2, 0.25) is 0 Å². The number of aromatic amines is 1. The van der Waals surface area contributed by atoms with Crippen molar-refractivity contribution in [1.29, 1.82) is 0 Å². The van der Waals surface area contributed by atoms with E-state index in [-0.39, 0.29) is 5.41 Å². The molecule has 0 bridgehead atoms. The Bertz CT molecular complexity index is 634. The van der Waals surface area contributed by atoms with Crippen LogP contribution in [-0.4, -0.2) is 40.5 Å². The van der Waals surface area contributed by atoms with E-state index in [0.717, 1.165) is 25.4 Å². The number of nitrogens with one attached hydrogen (secondary N) is 2. The minimum absolute atomic E-state index is 0.224. The summed E-state index contributed by atoms with van der Waals surface area (Å²) in [7, 11) is 0. The minimum atomic E-state index is 0.224. The predicted molar refractivity (Wildman–Crippen MR) is 81.2 cm³/mol. The normalized spacial score (nSPS) is 29.3. The molecule has 4 rings (SSSR count). The van der Waals surface area contributed by atoms with Gasteiger partial charge in [-0.25, -0.2) is 4.98 Å². The number of furan rings is 1. The van der Waals surface area contributed by atoms with Crippen LogP contribution in [0, 0.1) is 11.3 Å². The molecule has 1 aliphatic carbocycles. The summed E-state index contributed by atoms with van der Waals surface area (Å²) in [6, 6.07) is 4.24. The van der Waals surface area contributed by atoms with Gasteiger partial charge in [-0.3, -0.25) is 5.10 Å². The highest BCUT2D eigenvalue weighted by Gasteiger charge is 2.58. The molecule has 6 nitrogen and oxygen atoms in total. The number of H-pyrrole nitrogens is 1. The van der Waals surface area contributed by atoms with Crippen LogP contribution in [0.3, 0.4) is 0 Å². The highest BCUT2D eigenvalue weighted by Crippen LogP contribution is 2.51. The molecule has 0 amide bonds. The first-order valence-electron chi connectivity index (χ1n) is 7.96. The second kappa shape index (κ2) is 5.21. The van der Waals surface area contributed by atoms with Crippen LogP contribution in [-0.2, 0) is 11.2 Å². The molecule has 1 saturated heterocycles. The fourth-order valence-corrected chi connectivity index (χ4v) is 4.01. The molecule has 3 heterocycles. The van der Waals surface area contributed by atoms with Crippen LogP contribution in [0.4, 0.5) is 0 Å². The first-order chi connectivity index (χ1) is 10.7. The lowest BCUT2D eigenvalue weighted by molar-refractivity contribution is -0.112. The van der Waals surface area contributed by atoms with Gasteiger partial charge in [-0.15, -0.1) is 0 Å². The Morgan fingerprint density at radius 3 is 3.18 bits per heavy atom. The summed E-state index contributed by atoms with van der Waals surface area (Å²) in [4.78, 5) is 4.47. The maximum absolute atomic E-state index is 5.83. The Kier molecular flexibility index (Phi) is 3.31. The Balaban J connectivity index is 1.32. The summed E-state index contributed by atoms with van der Waals surface area (Å²) in [6.07, 6.45) is 4.07. The maximum Gasteiger partial charge on any atom is 0.216 e. The third kappa shape index (κ3) is 2.18. The van der Waals surface area contributed by atoms with E-state index in [0.29, 0.717) is 29.6 Å². The smallest absolute Gasteiger partial charge is 0.216 e. The number of ether oxygens (including phenoxy) is 1. The lowest BCUT2D eigenvalue weighted by Crippen LogP contribution is -2.66. The van der Waals surface area contributed by atoms with Crippen LogP contribution in [0.1, 0.15) is 26.1 Å². The van der Waals surface area contributed by atoms with Crippen molar-refractivity contribution in [3.05, 3.63) is 24.2 Å². The van der Waals surface area contributed by atoms with Crippen LogP contribution >= 0.6 is 0 Å². The van der Waals surface area contributed by atoms with Crippen molar-refractivity contribution in [2.75, 3.05) is 13.2 Å². The van der Waals surface area contributed by atoms with E-state index in [1.807, 2.05) is 12.1 Å². The molecule has 118 valence electrons. The number of nitrogens with zero attached hydrogens (tertiary/aromatic N) is 2. The number of aromatic nitrogens is 3. The standard InChI is InChI=1S/C16H22N4O2/c1-16(2)13(10-6-9-22-14(10)16)17-7-5-12-18-15(20-19-12)11-4-3-8-21-11/h3-4,8,10,13-14,17H,5-7,9H2,1-2H3,(H,18,19,20)/t10-,13+,14+/m0/s1. The molecule has 0 radical (unpaired) electrons. The van der Waals surface area contributed by atoms with Gasteiger partial charge >= 0.3 is 0 Å². The third-order valence-corrected chi connectivity index (χ3v) is 5.10. The van der Waals surface area contributed by atoms with Crippen molar-refractivity contribution in [2.45, 2.75) is 38.8 Å². The summed E-state index contributed by atoms with van der Waals surface area (Å²) >= 11 is 0. The molecular weight excluding hydrogens is 280 g/mol. The molecule has 0 spiro atoms. The van der Waals surface area contributed by atoms with Gasteiger partial charge in [0.1, 0.15) is 5.82 Å². The zero-order valence-electron chi connectivity index (χ0n) is 13.0.